The standard InChI is InChI=1S/C19H18FN3OS/c20-15-8-10-17(11-9-15)24-12-13-25-19-22-21-18(14-6-7-14)23(19)16-4-2-1-3-5-16/h1-5,8-11,14H,6-7,12-13H2. The van der Waals surface area contributed by atoms with E-state index in [0.29, 0.717) is 18.3 Å². The maximum Gasteiger partial charge on any atom is 0.195 e. The van der Waals surface area contributed by atoms with Gasteiger partial charge in [0, 0.05) is 17.4 Å². The maximum absolute atomic E-state index is 12.9. The van der Waals surface area contributed by atoms with Crippen LogP contribution in [-0.2, 0) is 0 Å². The van der Waals surface area contributed by atoms with Gasteiger partial charge in [-0.25, -0.2) is 4.39 Å². The molecule has 1 heterocycles. The molecule has 6 heteroatoms. The lowest BCUT2D eigenvalue weighted by atomic mass is 10.3. The van der Waals surface area contributed by atoms with Gasteiger partial charge in [-0.15, -0.1) is 10.2 Å². The van der Waals surface area contributed by atoms with Crippen molar-refractivity contribution in [2.45, 2.75) is 23.9 Å². The second-order valence-corrected chi connectivity index (χ2v) is 7.00. The van der Waals surface area contributed by atoms with Crippen molar-refractivity contribution in [1.29, 1.82) is 0 Å². The summed E-state index contributed by atoms with van der Waals surface area (Å²) < 4.78 is 20.7. The van der Waals surface area contributed by atoms with E-state index in [1.165, 1.54) is 25.0 Å². The quantitative estimate of drug-likeness (QED) is 0.464. The summed E-state index contributed by atoms with van der Waals surface area (Å²) in [6, 6.07) is 16.3. The molecule has 1 fully saturated rings. The van der Waals surface area contributed by atoms with Crippen LogP contribution in [0.25, 0.3) is 5.69 Å². The molecule has 0 saturated heterocycles. The smallest absolute Gasteiger partial charge is 0.195 e. The molecule has 1 aliphatic rings. The fourth-order valence-electron chi connectivity index (χ4n) is 2.62. The molecule has 4 nitrogen and oxygen atoms in total. The summed E-state index contributed by atoms with van der Waals surface area (Å²) in [5.74, 6) is 2.73. The number of benzene rings is 2. The van der Waals surface area contributed by atoms with E-state index in [9.17, 15) is 4.39 Å². The second-order valence-electron chi connectivity index (χ2n) is 5.94. The molecule has 0 aliphatic heterocycles. The molecule has 0 atom stereocenters. The molecule has 4 rings (SSSR count). The topological polar surface area (TPSA) is 39.9 Å². The van der Waals surface area contributed by atoms with Crippen molar-refractivity contribution < 1.29 is 9.13 Å². The molecule has 1 aliphatic carbocycles. The lowest BCUT2D eigenvalue weighted by molar-refractivity contribution is 0.343. The normalized spacial score (nSPS) is 13.8. The summed E-state index contributed by atoms with van der Waals surface area (Å²) in [5.41, 5.74) is 1.09. The summed E-state index contributed by atoms with van der Waals surface area (Å²) in [6.45, 7) is 0.525. The van der Waals surface area contributed by atoms with Crippen molar-refractivity contribution in [2.75, 3.05) is 12.4 Å². The Hall–Kier alpha value is -2.34. The third-order valence-corrected chi connectivity index (χ3v) is 4.91. The Balaban J connectivity index is 1.43. The van der Waals surface area contributed by atoms with Gasteiger partial charge in [0.2, 0.25) is 0 Å². The Morgan fingerprint density at radius 1 is 1.04 bits per heavy atom. The van der Waals surface area contributed by atoms with Gasteiger partial charge in [0.15, 0.2) is 5.16 Å². The number of hydrogen-bond acceptors (Lipinski definition) is 4. The highest BCUT2D eigenvalue weighted by Gasteiger charge is 2.30. The van der Waals surface area contributed by atoms with Gasteiger partial charge in [-0.1, -0.05) is 30.0 Å². The molecule has 128 valence electrons. The largest absolute Gasteiger partial charge is 0.493 e. The molecule has 25 heavy (non-hydrogen) atoms. The number of para-hydroxylation sites is 1. The van der Waals surface area contributed by atoms with Crippen LogP contribution in [0.5, 0.6) is 5.75 Å². The van der Waals surface area contributed by atoms with E-state index in [1.54, 1.807) is 23.9 Å². The van der Waals surface area contributed by atoms with Gasteiger partial charge >= 0.3 is 0 Å². The summed E-state index contributed by atoms with van der Waals surface area (Å²) in [7, 11) is 0. The predicted octanol–water partition coefficient (Wildman–Crippen LogP) is 4.45. The Morgan fingerprint density at radius 3 is 2.52 bits per heavy atom. The molecule has 0 amide bonds. The third-order valence-electron chi connectivity index (χ3n) is 4.01. The van der Waals surface area contributed by atoms with Gasteiger partial charge in [0.05, 0.1) is 6.61 Å². The zero-order valence-corrected chi connectivity index (χ0v) is 14.5. The minimum Gasteiger partial charge on any atom is -0.493 e. The van der Waals surface area contributed by atoms with Crippen LogP contribution >= 0.6 is 11.8 Å². The Labute approximate surface area is 150 Å². The van der Waals surface area contributed by atoms with Gasteiger partial charge in [0.25, 0.3) is 0 Å². The van der Waals surface area contributed by atoms with Crippen LogP contribution in [0.1, 0.15) is 24.6 Å². The van der Waals surface area contributed by atoms with E-state index >= 15 is 0 Å². The van der Waals surface area contributed by atoms with E-state index in [1.807, 2.05) is 18.2 Å². The SMILES string of the molecule is Fc1ccc(OCCSc2nnc(C3CC3)n2-c2ccccc2)cc1. The number of nitrogens with zero attached hydrogens (tertiary/aromatic N) is 3. The first-order chi connectivity index (χ1) is 12.3. The molecule has 0 radical (unpaired) electrons. The summed E-state index contributed by atoms with van der Waals surface area (Å²) >= 11 is 1.62. The number of halogens is 1. The molecule has 3 aromatic rings. The molecule has 0 bridgehead atoms. The van der Waals surface area contributed by atoms with Gasteiger partial charge in [-0.3, -0.25) is 4.57 Å². The summed E-state index contributed by atoms with van der Waals surface area (Å²) in [6.07, 6.45) is 2.37. The van der Waals surface area contributed by atoms with E-state index < -0.39 is 0 Å². The highest BCUT2D eigenvalue weighted by molar-refractivity contribution is 7.99. The van der Waals surface area contributed by atoms with Crippen molar-refractivity contribution in [3.63, 3.8) is 0 Å². The minimum atomic E-state index is -0.259. The summed E-state index contributed by atoms with van der Waals surface area (Å²) in [4.78, 5) is 0. The minimum absolute atomic E-state index is 0.259. The average Bonchev–Trinajstić information content (AvgIpc) is 3.41. The molecule has 2 aromatic carbocycles. The van der Waals surface area contributed by atoms with Gasteiger partial charge in [-0.2, -0.15) is 0 Å². The highest BCUT2D eigenvalue weighted by Crippen LogP contribution is 2.41. The van der Waals surface area contributed by atoms with Gasteiger partial charge < -0.3 is 4.74 Å². The monoisotopic (exact) mass is 355 g/mol. The van der Waals surface area contributed by atoms with Crippen LogP contribution in [0, 0.1) is 5.82 Å². The Morgan fingerprint density at radius 2 is 1.80 bits per heavy atom. The van der Waals surface area contributed by atoms with Crippen LogP contribution in [0.2, 0.25) is 0 Å². The lowest BCUT2D eigenvalue weighted by Gasteiger charge is -2.10. The van der Waals surface area contributed by atoms with E-state index in [0.717, 1.165) is 22.4 Å². The highest BCUT2D eigenvalue weighted by atomic mass is 32.2. The molecule has 1 aromatic heterocycles. The fraction of sp³-hybridized carbons (Fsp3) is 0.263. The number of ether oxygens (including phenoxy) is 1. The maximum atomic E-state index is 12.9. The van der Waals surface area contributed by atoms with Crippen LogP contribution in [0.3, 0.4) is 0 Å². The molecular formula is C19H18FN3OS. The molecule has 0 N–H and O–H groups in total. The van der Waals surface area contributed by atoms with Crippen LogP contribution < -0.4 is 4.74 Å². The third kappa shape index (κ3) is 3.85. The summed E-state index contributed by atoms with van der Waals surface area (Å²) in [5, 5.41) is 9.68. The van der Waals surface area contributed by atoms with Gasteiger partial charge in [-0.05, 0) is 49.2 Å². The van der Waals surface area contributed by atoms with Crippen LogP contribution in [0.4, 0.5) is 4.39 Å². The predicted molar refractivity (Wildman–Crippen MR) is 96.0 cm³/mol. The second kappa shape index (κ2) is 7.27. The first-order valence-electron chi connectivity index (χ1n) is 8.33. The van der Waals surface area contributed by atoms with Crippen LogP contribution in [0.15, 0.2) is 59.8 Å². The molecular weight excluding hydrogens is 337 g/mol. The average molecular weight is 355 g/mol. The van der Waals surface area contributed by atoms with E-state index in [4.69, 9.17) is 4.74 Å². The van der Waals surface area contributed by atoms with Crippen molar-refractivity contribution in [3.05, 3.63) is 66.2 Å². The number of aromatic nitrogens is 3. The number of thioether (sulfide) groups is 1. The van der Waals surface area contributed by atoms with Crippen LogP contribution in [-0.4, -0.2) is 27.1 Å². The molecule has 0 unspecified atom stereocenters. The number of rotatable bonds is 7. The fourth-order valence-corrected chi connectivity index (χ4v) is 3.40. The Kier molecular flexibility index (Phi) is 4.70. The first-order valence-corrected chi connectivity index (χ1v) is 9.32. The lowest BCUT2D eigenvalue weighted by Crippen LogP contribution is -2.04. The van der Waals surface area contributed by atoms with Crippen molar-refractivity contribution >= 4 is 11.8 Å². The number of hydrogen-bond donors (Lipinski definition) is 0. The Bertz CT molecular complexity index is 832. The zero-order valence-electron chi connectivity index (χ0n) is 13.6. The van der Waals surface area contributed by atoms with E-state index in [2.05, 4.69) is 26.9 Å². The molecule has 0 spiro atoms. The van der Waals surface area contributed by atoms with Crippen molar-refractivity contribution in [3.8, 4) is 11.4 Å². The first kappa shape index (κ1) is 16.1. The van der Waals surface area contributed by atoms with Crippen molar-refractivity contribution in [2.24, 2.45) is 0 Å². The molecule has 1 saturated carbocycles. The zero-order chi connectivity index (χ0) is 17.1. The van der Waals surface area contributed by atoms with E-state index in [-0.39, 0.29) is 5.82 Å². The van der Waals surface area contributed by atoms with Gasteiger partial charge in [0.1, 0.15) is 17.4 Å². The van der Waals surface area contributed by atoms with Crippen molar-refractivity contribution in [1.82, 2.24) is 14.8 Å².